The highest BCUT2D eigenvalue weighted by Gasteiger charge is 2.96. The van der Waals surface area contributed by atoms with Gasteiger partial charge in [-0.25, -0.2) is 23.4 Å². The third-order valence-corrected chi connectivity index (χ3v) is 10.0. The number of ketones is 1. The number of hydrogen-bond donors (Lipinski definition) is 1. The average molecular weight is 594 g/mol. The van der Waals surface area contributed by atoms with E-state index in [0.29, 0.717) is 23.4 Å². The van der Waals surface area contributed by atoms with E-state index < -0.39 is 58.5 Å². The number of hydrogen-bond acceptors (Lipinski definition) is 7. The van der Waals surface area contributed by atoms with Gasteiger partial charge in [-0.3, -0.25) is 14.4 Å². The maximum absolute atomic E-state index is 13.7. The predicted octanol–water partition coefficient (Wildman–Crippen LogP) is 3.72. The second kappa shape index (κ2) is 8.57. The van der Waals surface area contributed by atoms with Crippen molar-refractivity contribution >= 4 is 17.5 Å². The van der Waals surface area contributed by atoms with Crippen LogP contribution in [-0.2, 0) is 9.53 Å². The summed E-state index contributed by atoms with van der Waals surface area (Å²) in [5, 5.41) is 4.24. The molecule has 7 rings (SSSR count). The number of carbonyl (C=O) groups is 2. The van der Waals surface area contributed by atoms with Gasteiger partial charge >= 0.3 is 6.18 Å². The summed E-state index contributed by atoms with van der Waals surface area (Å²) in [5.41, 5.74) is -2.74. The topological polar surface area (TPSA) is 106 Å². The second-order valence-corrected chi connectivity index (χ2v) is 12.4. The molecule has 4 heterocycles. The van der Waals surface area contributed by atoms with Crippen LogP contribution in [-0.4, -0.2) is 58.1 Å². The molecule has 4 atom stereocenters. The normalized spacial score (nSPS) is 33.9. The molecule has 2 aliphatic heterocycles. The minimum atomic E-state index is -4.49. The van der Waals surface area contributed by atoms with Crippen LogP contribution >= 0.6 is 0 Å². The number of Topliss-reactive ketones (excluding diaryl/α,β-unsaturated/α-hetero) is 1. The van der Waals surface area contributed by atoms with Crippen molar-refractivity contribution in [3.63, 3.8) is 0 Å². The molecule has 1 N–H and O–H groups in total. The maximum atomic E-state index is 13.7. The molecule has 0 spiro atoms. The number of pyridine rings is 1. The Bertz CT molecular complexity index is 1570. The fourth-order valence-corrected chi connectivity index (χ4v) is 6.87. The van der Waals surface area contributed by atoms with Gasteiger partial charge in [-0.15, -0.1) is 0 Å². The van der Waals surface area contributed by atoms with Crippen LogP contribution in [0.2, 0.25) is 0 Å². The molecule has 0 bridgehead atoms. The summed E-state index contributed by atoms with van der Waals surface area (Å²) >= 11 is 0. The largest absolute Gasteiger partial charge is 0.395 e. The van der Waals surface area contributed by atoms with Gasteiger partial charge in [0.1, 0.15) is 5.69 Å². The number of anilines is 1. The quantitative estimate of drug-likeness (QED) is 0.402. The molecular formula is C28H28F5N5O4. The SMILES string of the molecule is Cc1nc(NC(=O)C2CCOC(c3ccc(=O)n(N4CC5C(C4)C5(F)F)c3)C2)c(C(=O)C23CC2(C(F)(F)F)C3)nc1C. The highest BCUT2D eigenvalue weighted by molar-refractivity contribution is 6.10. The van der Waals surface area contributed by atoms with E-state index in [2.05, 4.69) is 15.3 Å². The van der Waals surface area contributed by atoms with Gasteiger partial charge < -0.3 is 15.1 Å². The highest BCUT2D eigenvalue weighted by Crippen LogP contribution is 2.91. The second-order valence-electron chi connectivity index (χ2n) is 12.4. The van der Waals surface area contributed by atoms with Crippen molar-refractivity contribution < 1.29 is 36.3 Å². The van der Waals surface area contributed by atoms with Crippen molar-refractivity contribution in [3.05, 3.63) is 51.3 Å². The van der Waals surface area contributed by atoms with Crippen molar-refractivity contribution in [2.45, 2.75) is 57.7 Å². The van der Waals surface area contributed by atoms with E-state index in [4.69, 9.17) is 4.74 Å². The van der Waals surface area contributed by atoms with Crippen LogP contribution in [0.15, 0.2) is 23.1 Å². The Morgan fingerprint density at radius 1 is 1.07 bits per heavy atom. The van der Waals surface area contributed by atoms with Crippen molar-refractivity contribution in [2.24, 2.45) is 28.6 Å². The van der Waals surface area contributed by atoms with Gasteiger partial charge in [0, 0.05) is 37.9 Å². The smallest absolute Gasteiger partial charge is 0.373 e. The molecule has 5 aliphatic rings. The summed E-state index contributed by atoms with van der Waals surface area (Å²) in [6, 6.07) is 2.92. The van der Waals surface area contributed by atoms with Crippen LogP contribution in [0.5, 0.6) is 0 Å². The number of carbonyl (C=O) groups excluding carboxylic acids is 2. The summed E-state index contributed by atoms with van der Waals surface area (Å²) in [4.78, 5) is 47.7. The molecule has 0 aromatic carbocycles. The first-order chi connectivity index (χ1) is 19.7. The van der Waals surface area contributed by atoms with Gasteiger partial charge in [-0.2, -0.15) is 13.2 Å². The number of aromatic nitrogens is 3. The zero-order valence-electron chi connectivity index (χ0n) is 22.8. The summed E-state index contributed by atoms with van der Waals surface area (Å²) < 4.78 is 75.1. The molecule has 4 unspecified atom stereocenters. The molecule has 224 valence electrons. The molecule has 42 heavy (non-hydrogen) atoms. The number of alkyl halides is 5. The highest BCUT2D eigenvalue weighted by atomic mass is 19.4. The third kappa shape index (κ3) is 3.86. The minimum Gasteiger partial charge on any atom is -0.373 e. The number of nitrogens with one attached hydrogen (secondary N) is 1. The first-order valence-corrected chi connectivity index (χ1v) is 13.9. The molecule has 9 nitrogen and oxygen atoms in total. The number of fused-ring (bicyclic) bond motifs is 2. The van der Waals surface area contributed by atoms with E-state index in [-0.39, 0.29) is 56.0 Å². The molecule has 2 aromatic rings. The van der Waals surface area contributed by atoms with Crippen LogP contribution in [0.4, 0.5) is 27.8 Å². The average Bonchev–Trinajstić information content (AvgIpc) is 3.82. The lowest BCUT2D eigenvalue weighted by atomic mass is 9.91. The lowest BCUT2D eigenvalue weighted by Crippen LogP contribution is -2.43. The van der Waals surface area contributed by atoms with Gasteiger partial charge in [-0.1, -0.05) is 0 Å². The number of amides is 1. The number of halogens is 5. The van der Waals surface area contributed by atoms with E-state index in [1.165, 1.54) is 10.7 Å². The third-order valence-electron chi connectivity index (χ3n) is 10.0. The first-order valence-electron chi connectivity index (χ1n) is 13.9. The Morgan fingerprint density at radius 2 is 1.74 bits per heavy atom. The van der Waals surface area contributed by atoms with E-state index in [1.54, 1.807) is 31.1 Å². The van der Waals surface area contributed by atoms with E-state index in [9.17, 15) is 36.3 Å². The Kier molecular flexibility index (Phi) is 5.60. The molecule has 3 saturated carbocycles. The molecule has 2 aromatic heterocycles. The van der Waals surface area contributed by atoms with Crippen molar-refractivity contribution in [1.29, 1.82) is 0 Å². The van der Waals surface area contributed by atoms with Crippen LogP contribution in [0, 0.1) is 42.4 Å². The molecule has 3 aliphatic carbocycles. The van der Waals surface area contributed by atoms with Crippen molar-refractivity contribution in [1.82, 2.24) is 14.6 Å². The van der Waals surface area contributed by atoms with Gasteiger partial charge in [-0.05, 0) is 51.2 Å². The zero-order valence-corrected chi connectivity index (χ0v) is 22.8. The fourth-order valence-electron chi connectivity index (χ4n) is 6.87. The monoisotopic (exact) mass is 593 g/mol. The molecule has 14 heteroatoms. The van der Waals surface area contributed by atoms with E-state index in [1.807, 2.05) is 0 Å². The van der Waals surface area contributed by atoms with Gasteiger partial charge in [0.15, 0.2) is 11.6 Å². The van der Waals surface area contributed by atoms with Gasteiger partial charge in [0.05, 0.1) is 40.2 Å². The zero-order chi connectivity index (χ0) is 30.0. The maximum Gasteiger partial charge on any atom is 0.395 e. The molecule has 2 saturated heterocycles. The summed E-state index contributed by atoms with van der Waals surface area (Å²) in [5.74, 6) is -6.19. The molecule has 0 radical (unpaired) electrons. The molecule has 5 fully saturated rings. The summed E-state index contributed by atoms with van der Waals surface area (Å²) in [7, 11) is 0. The Hall–Kier alpha value is -3.42. The molecular weight excluding hydrogens is 565 g/mol. The lowest BCUT2D eigenvalue weighted by molar-refractivity contribution is -0.168. The minimum absolute atomic E-state index is 0.0704. The number of rotatable bonds is 6. The summed E-state index contributed by atoms with van der Waals surface area (Å²) in [6.07, 6.45) is -3.51. The standard InChI is InChI=1S/C28H28F5N5O4/c1-13-14(2)35-23(21(34-13)22(40)25-11-26(25,12-25)28(31,32)33)36-24(41)15-5-6-42-19(7-15)16-3-4-20(39)38(8-16)37-9-17-18(10-37)27(17,29)30/h3-4,8,15,17-19H,5-7,9-12H2,1-2H3,(H,35,36,41). The van der Waals surface area contributed by atoms with E-state index >= 15 is 0 Å². The lowest BCUT2D eigenvalue weighted by Gasteiger charge is -2.30. The van der Waals surface area contributed by atoms with Gasteiger partial charge in [0.2, 0.25) is 5.91 Å². The predicted molar refractivity (Wildman–Crippen MR) is 137 cm³/mol. The fraction of sp³-hybridized carbons (Fsp3) is 0.607. The first kappa shape index (κ1) is 27.4. The van der Waals surface area contributed by atoms with Crippen molar-refractivity contribution in [2.75, 3.05) is 30.0 Å². The molecule has 1 amide bonds. The van der Waals surface area contributed by atoms with Crippen LogP contribution in [0.1, 0.15) is 59.2 Å². The Balaban J connectivity index is 1.07. The Morgan fingerprint density at radius 3 is 2.38 bits per heavy atom. The van der Waals surface area contributed by atoms with Crippen LogP contribution in [0.25, 0.3) is 0 Å². The van der Waals surface area contributed by atoms with Crippen molar-refractivity contribution in [3.8, 4) is 0 Å². The number of piperidine rings is 1. The number of aryl methyl sites for hydroxylation is 2. The van der Waals surface area contributed by atoms with Gasteiger partial charge in [0.25, 0.3) is 11.5 Å². The number of nitrogens with zero attached hydrogens (tertiary/aromatic N) is 4. The summed E-state index contributed by atoms with van der Waals surface area (Å²) in [6.45, 7) is 3.58. The van der Waals surface area contributed by atoms with Crippen LogP contribution < -0.4 is 15.9 Å². The number of ether oxygens (including phenoxy) is 1. The van der Waals surface area contributed by atoms with E-state index in [0.717, 1.165) is 0 Å². The van der Waals surface area contributed by atoms with Crippen LogP contribution in [0.3, 0.4) is 0 Å². The Labute approximate surface area is 236 Å².